The van der Waals surface area contributed by atoms with Crippen LogP contribution in [0.25, 0.3) is 0 Å². The topological polar surface area (TPSA) is 54.5 Å². The summed E-state index contributed by atoms with van der Waals surface area (Å²) in [7, 11) is 0. The van der Waals surface area contributed by atoms with Gasteiger partial charge in [0, 0.05) is 12.1 Å². The number of hydrogen-bond donors (Lipinski definition) is 1. The van der Waals surface area contributed by atoms with E-state index in [1.54, 1.807) is 6.20 Å². The zero-order valence-corrected chi connectivity index (χ0v) is 15.4. The number of amides is 1. The minimum Gasteiger partial charge on any atom is -0.445 e. The molecule has 1 amide bonds. The molecular formula is C19H23N3O2S. The first-order valence-corrected chi connectivity index (χ1v) is 9.67. The lowest BCUT2D eigenvalue weighted by molar-refractivity contribution is 0.0217. The highest BCUT2D eigenvalue weighted by Gasteiger charge is 2.40. The Hall–Kier alpha value is -1.92. The average Bonchev–Trinajstić information content (AvgIpc) is 3.07. The van der Waals surface area contributed by atoms with E-state index >= 15 is 0 Å². The van der Waals surface area contributed by atoms with E-state index in [1.165, 1.54) is 24.2 Å². The largest absolute Gasteiger partial charge is 0.445 e. The van der Waals surface area contributed by atoms with Gasteiger partial charge in [-0.1, -0.05) is 23.5 Å². The Labute approximate surface area is 152 Å². The molecule has 25 heavy (non-hydrogen) atoms. The lowest BCUT2D eigenvalue weighted by Gasteiger charge is -2.49. The van der Waals surface area contributed by atoms with Crippen molar-refractivity contribution in [3.8, 4) is 10.8 Å². The number of benzene rings is 1. The normalized spacial score (nSPS) is 27.9. The number of carbonyl (C=O) groups excluding carboxylic acids is 1. The van der Waals surface area contributed by atoms with E-state index in [2.05, 4.69) is 22.1 Å². The van der Waals surface area contributed by atoms with Crippen molar-refractivity contribution in [2.24, 2.45) is 5.92 Å². The number of nitrogens with zero attached hydrogens (tertiary/aromatic N) is 2. The molecule has 0 spiro atoms. The molecule has 1 aromatic heterocycles. The molecule has 2 bridgehead atoms. The van der Waals surface area contributed by atoms with E-state index in [1.807, 2.05) is 31.2 Å². The van der Waals surface area contributed by atoms with Gasteiger partial charge in [-0.15, -0.1) is 0 Å². The molecule has 4 heterocycles. The molecule has 0 aliphatic carbocycles. The number of rotatable bonds is 4. The smallest absolute Gasteiger partial charge is 0.280 e. The van der Waals surface area contributed by atoms with Gasteiger partial charge in [0.25, 0.3) is 5.91 Å². The molecular weight excluding hydrogens is 334 g/mol. The van der Waals surface area contributed by atoms with E-state index in [0.29, 0.717) is 22.0 Å². The van der Waals surface area contributed by atoms with Crippen LogP contribution in [0.15, 0.2) is 30.5 Å². The third-order valence-corrected chi connectivity index (χ3v) is 6.24. The second-order valence-electron chi connectivity index (χ2n) is 7.02. The molecule has 1 N–H and O–H groups in total. The quantitative estimate of drug-likeness (QED) is 0.910. The number of thiazole rings is 1. The van der Waals surface area contributed by atoms with Crippen molar-refractivity contribution in [3.05, 3.63) is 41.0 Å². The fourth-order valence-electron chi connectivity index (χ4n) is 3.96. The van der Waals surface area contributed by atoms with Gasteiger partial charge in [0.1, 0.15) is 5.75 Å². The van der Waals surface area contributed by atoms with E-state index in [4.69, 9.17) is 4.74 Å². The van der Waals surface area contributed by atoms with Crippen LogP contribution in [0.3, 0.4) is 0 Å². The van der Waals surface area contributed by atoms with Gasteiger partial charge in [0.05, 0.1) is 6.20 Å². The molecule has 0 radical (unpaired) electrons. The summed E-state index contributed by atoms with van der Waals surface area (Å²) in [4.78, 5) is 19.3. The van der Waals surface area contributed by atoms with Gasteiger partial charge in [0.2, 0.25) is 5.06 Å². The Morgan fingerprint density at radius 2 is 2.16 bits per heavy atom. The second kappa shape index (κ2) is 6.77. The van der Waals surface area contributed by atoms with Gasteiger partial charge in [-0.2, -0.15) is 0 Å². The number of aryl methyl sites for hydroxylation is 1. The second-order valence-corrected chi connectivity index (χ2v) is 8.01. The summed E-state index contributed by atoms with van der Waals surface area (Å²) in [5, 5.41) is 4.32. The fraction of sp³-hybridized carbons (Fsp3) is 0.474. The van der Waals surface area contributed by atoms with Gasteiger partial charge in [0.15, 0.2) is 5.01 Å². The van der Waals surface area contributed by atoms with Gasteiger partial charge < -0.3 is 10.1 Å². The molecule has 2 aromatic rings. The first-order valence-electron chi connectivity index (χ1n) is 8.85. The predicted octanol–water partition coefficient (Wildman–Crippen LogP) is 3.46. The molecule has 1 aromatic carbocycles. The highest BCUT2D eigenvalue weighted by atomic mass is 32.1. The zero-order valence-electron chi connectivity index (χ0n) is 14.6. The number of hydrogen-bond acceptors (Lipinski definition) is 5. The molecule has 3 saturated heterocycles. The zero-order chi connectivity index (χ0) is 17.4. The molecule has 2 unspecified atom stereocenters. The predicted molar refractivity (Wildman–Crippen MR) is 98.4 cm³/mol. The lowest BCUT2D eigenvalue weighted by Crippen LogP contribution is -2.62. The first kappa shape index (κ1) is 16.5. The van der Waals surface area contributed by atoms with E-state index in [9.17, 15) is 4.79 Å². The number of piperidine rings is 3. The third kappa shape index (κ3) is 3.41. The van der Waals surface area contributed by atoms with Crippen LogP contribution in [0, 0.1) is 12.8 Å². The third-order valence-electron chi connectivity index (χ3n) is 5.36. The SMILES string of the molecule is Cc1cccc(Oc2cnc(C(=O)NC3C4CCN(CC4)C3C)s2)c1. The summed E-state index contributed by atoms with van der Waals surface area (Å²) in [5.41, 5.74) is 1.14. The van der Waals surface area contributed by atoms with Crippen LogP contribution >= 0.6 is 11.3 Å². The molecule has 5 nitrogen and oxygen atoms in total. The number of nitrogens with one attached hydrogen (secondary N) is 1. The molecule has 6 heteroatoms. The standard InChI is InChI=1S/C19H23N3O2S/c1-12-4-3-5-15(10-12)24-16-11-20-19(25-16)18(23)21-17-13(2)22-8-6-14(17)7-9-22/h3-5,10-11,13-14,17H,6-9H2,1-2H3,(H,21,23). The Kier molecular flexibility index (Phi) is 4.48. The van der Waals surface area contributed by atoms with Crippen molar-refractivity contribution in [1.82, 2.24) is 15.2 Å². The van der Waals surface area contributed by atoms with Crippen molar-refractivity contribution in [2.45, 2.75) is 38.8 Å². The van der Waals surface area contributed by atoms with Gasteiger partial charge in [-0.3, -0.25) is 9.69 Å². The van der Waals surface area contributed by atoms with Crippen molar-refractivity contribution < 1.29 is 9.53 Å². The highest BCUT2D eigenvalue weighted by molar-refractivity contribution is 7.15. The minimum atomic E-state index is -0.0882. The Balaban J connectivity index is 1.42. The van der Waals surface area contributed by atoms with Gasteiger partial charge in [-0.05, 0) is 63.4 Å². The molecule has 0 saturated carbocycles. The van der Waals surface area contributed by atoms with Crippen LogP contribution in [0.5, 0.6) is 10.8 Å². The summed E-state index contributed by atoms with van der Waals surface area (Å²) in [6.45, 7) is 6.55. The maximum Gasteiger partial charge on any atom is 0.280 e. The Morgan fingerprint density at radius 1 is 1.36 bits per heavy atom. The number of carbonyl (C=O) groups is 1. The van der Waals surface area contributed by atoms with Crippen LogP contribution in [0.2, 0.25) is 0 Å². The lowest BCUT2D eigenvalue weighted by atomic mass is 9.79. The van der Waals surface area contributed by atoms with Crippen LogP contribution in [0.1, 0.15) is 35.1 Å². The van der Waals surface area contributed by atoms with Crippen LogP contribution in [0.4, 0.5) is 0 Å². The van der Waals surface area contributed by atoms with Crippen LogP contribution < -0.4 is 10.1 Å². The fourth-order valence-corrected chi connectivity index (χ4v) is 4.66. The molecule has 5 rings (SSSR count). The molecule has 3 fully saturated rings. The van der Waals surface area contributed by atoms with E-state index < -0.39 is 0 Å². The average molecular weight is 357 g/mol. The molecule has 132 valence electrons. The number of ether oxygens (including phenoxy) is 1. The highest BCUT2D eigenvalue weighted by Crippen LogP contribution is 2.33. The summed E-state index contributed by atoms with van der Waals surface area (Å²) < 4.78 is 5.82. The monoisotopic (exact) mass is 357 g/mol. The van der Waals surface area contributed by atoms with Crippen molar-refractivity contribution in [2.75, 3.05) is 13.1 Å². The molecule has 3 aliphatic rings. The van der Waals surface area contributed by atoms with Crippen molar-refractivity contribution in [1.29, 1.82) is 0 Å². The summed E-state index contributed by atoms with van der Waals surface area (Å²) in [6, 6.07) is 8.47. The van der Waals surface area contributed by atoms with Crippen LogP contribution in [-0.4, -0.2) is 41.0 Å². The maximum atomic E-state index is 12.6. The first-order chi connectivity index (χ1) is 12.1. The minimum absolute atomic E-state index is 0.0882. The Bertz CT molecular complexity index is 766. The van der Waals surface area contributed by atoms with E-state index in [-0.39, 0.29) is 11.9 Å². The van der Waals surface area contributed by atoms with Crippen LogP contribution in [-0.2, 0) is 0 Å². The molecule has 2 atom stereocenters. The molecule has 3 aliphatic heterocycles. The number of fused-ring (bicyclic) bond motifs is 3. The number of aromatic nitrogens is 1. The summed E-state index contributed by atoms with van der Waals surface area (Å²) in [5.74, 6) is 1.27. The maximum absolute atomic E-state index is 12.6. The van der Waals surface area contributed by atoms with Gasteiger partial charge in [-0.25, -0.2) is 4.98 Å². The summed E-state index contributed by atoms with van der Waals surface area (Å²) >= 11 is 1.29. The van der Waals surface area contributed by atoms with Crippen molar-refractivity contribution in [3.63, 3.8) is 0 Å². The van der Waals surface area contributed by atoms with E-state index in [0.717, 1.165) is 24.4 Å². The Morgan fingerprint density at radius 3 is 2.88 bits per heavy atom. The summed E-state index contributed by atoms with van der Waals surface area (Å²) in [6.07, 6.45) is 3.98. The van der Waals surface area contributed by atoms with Gasteiger partial charge >= 0.3 is 0 Å². The van der Waals surface area contributed by atoms with Crippen molar-refractivity contribution >= 4 is 17.2 Å².